The number of phenols is 1. The van der Waals surface area contributed by atoms with Gasteiger partial charge in [-0.15, -0.1) is 40.8 Å². The van der Waals surface area contributed by atoms with Gasteiger partial charge >= 0.3 is 0 Å². The van der Waals surface area contributed by atoms with Crippen molar-refractivity contribution in [2.75, 3.05) is 62.0 Å². The van der Waals surface area contributed by atoms with Crippen molar-refractivity contribution in [2.45, 2.75) is 231 Å². The van der Waals surface area contributed by atoms with Crippen molar-refractivity contribution in [3.63, 3.8) is 0 Å². The third-order valence-corrected chi connectivity index (χ3v) is 24.9. The molecule has 0 atom stereocenters. The number of pyridine rings is 2. The third-order valence-electron chi connectivity index (χ3n) is 20.7. The summed E-state index contributed by atoms with van der Waals surface area (Å²) in [6.07, 6.45) is 11.8. The third kappa shape index (κ3) is 19.9. The number of nitrogens with one attached hydrogen (secondary N) is 4. The van der Waals surface area contributed by atoms with Crippen LogP contribution in [0.1, 0.15) is 162 Å². The van der Waals surface area contributed by atoms with Gasteiger partial charge in [0.2, 0.25) is 20.5 Å². The molecule has 14 rings (SSSR count). The second kappa shape index (κ2) is 32.2. The number of nitrogens with zero attached hydrogens (tertiary/aromatic N) is 16. The fourth-order valence-electron chi connectivity index (χ4n) is 17.1. The summed E-state index contributed by atoms with van der Waals surface area (Å²) in [7, 11) is 11.7. The molecule has 0 saturated carbocycles. The van der Waals surface area contributed by atoms with Crippen molar-refractivity contribution >= 4 is 99.1 Å². The molecule has 6 aromatic heterocycles. The van der Waals surface area contributed by atoms with E-state index in [0.29, 0.717) is 51.7 Å². The number of hydrogen-bond donors (Lipinski definition) is 5. The first kappa shape index (κ1) is 82.3. The van der Waals surface area contributed by atoms with E-state index in [-0.39, 0.29) is 55.7 Å². The standard InChI is InChI=1S/C22H29N5OS.C21H27N5OS.C20H27N5OS.C19H24FN5S/c1-21(2)12-15(13-22(3,4)26-21)27(5)20-25-24-19(29-20)16-10-14-8-7-9-23-17(14)11-18(16)28-6;1-20(2)11-14(12-21(3,4)25-20)26(5)19-24-23-18(28-19)15-9-13-7-6-8-22-16(13)10-17(15)27;1-19(2)11-14(12-20(3,4)24-19)25(6)18-23-22-17(27-18)15-9-8-13(21-5)10-16(15)26-7;1-18(2)10-13(11-19(3,4)24-18)25(6)17-23-22-16(26-17)14-8-7-12(21-5)9-15(14)20/h7-11,15,26H,12-13H2,1-6H3;6-10,14,25,27H,11-12H2,1-5H3;8-10,14,24H,11-12H2,1-4,6-7H3;7-9,13,24H,10-11H2,1-4,6H3. The van der Waals surface area contributed by atoms with Gasteiger partial charge in [0.05, 0.1) is 55.1 Å². The zero-order valence-electron chi connectivity index (χ0n) is 67.6. The van der Waals surface area contributed by atoms with Gasteiger partial charge < -0.3 is 55.4 Å². The number of halogens is 1. The smallest absolute Gasteiger partial charge is 0.208 e. The number of anilines is 4. The van der Waals surface area contributed by atoms with Crippen LogP contribution in [0, 0.1) is 19.0 Å². The van der Waals surface area contributed by atoms with Gasteiger partial charge in [0.15, 0.2) is 31.4 Å². The van der Waals surface area contributed by atoms with Crippen LogP contribution in [0.15, 0.2) is 97.3 Å². The molecule has 4 fully saturated rings. The van der Waals surface area contributed by atoms with E-state index < -0.39 is 5.82 Å². The minimum atomic E-state index is -0.437. The molecule has 0 aliphatic carbocycles. The molecule has 5 N–H and O–H groups in total. The SMILES string of the molecule is CN(c1nnc(-c2cc3cccnc3cc2O)s1)C1CC(C)(C)NC(C)(C)C1.COc1cc2ncccc2cc1-c1nnc(N(C)C2CC(C)(C)NC(C)(C)C2)s1.[C-]#[N+]c1ccc(-c2nnc(N(C)C3CC(C)(C)NC(C)(C)C3)s2)c(F)c1.[C-]#[N+]c1ccc(-c2nnc(N(C)C3CC(C)(C)NC(C)(C)C3)s2)c(OC)c1. The number of phenolic OH excluding ortho intramolecular Hbond substituents is 1. The Kier molecular flexibility index (Phi) is 24.1. The number of fused-ring (bicyclic) bond motifs is 2. The Bertz CT molecular complexity index is 4930. The van der Waals surface area contributed by atoms with E-state index in [4.69, 9.17) is 22.6 Å². The lowest BCUT2D eigenvalue weighted by molar-refractivity contribution is 0.160. The highest BCUT2D eigenvalue weighted by atomic mass is 32.1. The van der Waals surface area contributed by atoms with Gasteiger partial charge in [-0.05, 0) is 199 Å². The molecule has 0 amide bonds. The molecule has 28 heteroatoms. The van der Waals surface area contributed by atoms with E-state index >= 15 is 0 Å². The molecule has 4 aromatic carbocycles. The minimum absolute atomic E-state index is 0.0376. The zero-order chi connectivity index (χ0) is 79.8. The summed E-state index contributed by atoms with van der Waals surface area (Å²) >= 11 is 6.06. The van der Waals surface area contributed by atoms with Crippen LogP contribution in [0.5, 0.6) is 17.2 Å². The topological polar surface area (TPSA) is 237 Å². The van der Waals surface area contributed by atoms with Crippen molar-refractivity contribution in [3.8, 4) is 59.5 Å². The molecule has 110 heavy (non-hydrogen) atoms. The maximum absolute atomic E-state index is 14.3. The summed E-state index contributed by atoms with van der Waals surface area (Å²) in [6, 6.07) is 26.9. The maximum Gasteiger partial charge on any atom is 0.208 e. The van der Waals surface area contributed by atoms with E-state index in [1.54, 1.807) is 79.6 Å². The van der Waals surface area contributed by atoms with E-state index in [0.717, 1.165) is 126 Å². The number of benzene rings is 4. The van der Waals surface area contributed by atoms with Gasteiger partial charge in [0.1, 0.15) is 23.1 Å². The molecule has 10 heterocycles. The Morgan fingerprint density at radius 1 is 0.400 bits per heavy atom. The molecular formula is C82H107FN20O3S4. The Balaban J connectivity index is 0.000000146. The molecule has 4 aliphatic rings. The fourth-order valence-corrected chi connectivity index (χ4v) is 20.7. The van der Waals surface area contributed by atoms with Crippen molar-refractivity contribution in [1.82, 2.24) is 72.0 Å². The number of piperidine rings is 4. The van der Waals surface area contributed by atoms with Crippen LogP contribution in [-0.4, -0.2) is 167 Å². The van der Waals surface area contributed by atoms with Crippen LogP contribution in [0.3, 0.4) is 0 Å². The molecule has 0 unspecified atom stereocenters. The number of ether oxygens (including phenoxy) is 2. The van der Waals surface area contributed by atoms with Crippen molar-refractivity contribution in [3.05, 3.63) is 126 Å². The average molecular weight is 1570 g/mol. The number of rotatable bonds is 14. The lowest BCUT2D eigenvalue weighted by Crippen LogP contribution is -2.61. The second-order valence-corrected chi connectivity index (χ2v) is 38.7. The first-order valence-corrected chi connectivity index (χ1v) is 40.5. The van der Waals surface area contributed by atoms with Crippen molar-refractivity contribution in [1.29, 1.82) is 0 Å². The Morgan fingerprint density at radius 2 is 0.700 bits per heavy atom. The first-order valence-electron chi connectivity index (χ1n) is 37.2. The maximum atomic E-state index is 14.3. The molecule has 23 nitrogen and oxygen atoms in total. The van der Waals surface area contributed by atoms with Gasteiger partial charge in [-0.2, -0.15) is 0 Å². The first-order chi connectivity index (χ1) is 51.5. The zero-order valence-corrected chi connectivity index (χ0v) is 70.9. The highest BCUT2D eigenvalue weighted by molar-refractivity contribution is 7.19. The molecule has 10 aromatic rings. The van der Waals surface area contributed by atoms with E-state index in [1.807, 2.05) is 43.4 Å². The van der Waals surface area contributed by atoms with Crippen molar-refractivity contribution < 1.29 is 19.0 Å². The molecule has 0 spiro atoms. The van der Waals surface area contributed by atoms with E-state index in [1.165, 1.54) is 28.7 Å². The minimum Gasteiger partial charge on any atom is -0.507 e. The van der Waals surface area contributed by atoms with Gasteiger partial charge in [-0.25, -0.2) is 14.1 Å². The number of methoxy groups -OCH3 is 2. The number of aromatic nitrogens is 10. The number of hydrogen-bond acceptors (Lipinski definition) is 25. The lowest BCUT2D eigenvalue weighted by Gasteiger charge is -2.48. The van der Waals surface area contributed by atoms with Crippen LogP contribution in [-0.2, 0) is 0 Å². The number of aromatic hydroxyl groups is 1. The summed E-state index contributed by atoms with van der Waals surface area (Å²) in [5.41, 5.74) is 5.96. The van der Waals surface area contributed by atoms with Crippen LogP contribution < -0.4 is 50.3 Å². The quantitative estimate of drug-likeness (QED) is 0.0636. The highest BCUT2D eigenvalue weighted by Gasteiger charge is 2.44. The van der Waals surface area contributed by atoms with E-state index in [2.05, 4.69) is 245 Å². The van der Waals surface area contributed by atoms with Gasteiger partial charge in [0.25, 0.3) is 0 Å². The summed E-state index contributed by atoms with van der Waals surface area (Å²) < 4.78 is 25.3. The predicted molar refractivity (Wildman–Crippen MR) is 450 cm³/mol. The molecular weight excluding hydrogens is 1460 g/mol. The second-order valence-electron chi connectivity index (χ2n) is 34.9. The normalized spacial score (nSPS) is 18.9. The Labute approximate surface area is 664 Å². The molecule has 4 aliphatic heterocycles. The highest BCUT2D eigenvalue weighted by Crippen LogP contribution is 2.45. The van der Waals surface area contributed by atoms with Gasteiger partial charge in [-0.1, -0.05) is 81.7 Å². The molecule has 4 saturated heterocycles. The molecule has 0 bridgehead atoms. The molecule has 0 radical (unpaired) electrons. The summed E-state index contributed by atoms with van der Waals surface area (Å²) in [6.45, 7) is 50.1. The summed E-state index contributed by atoms with van der Waals surface area (Å²) in [5.74, 6) is 1.16. The largest absolute Gasteiger partial charge is 0.507 e. The molecule has 584 valence electrons. The Hall–Kier alpha value is -8.71. The monoisotopic (exact) mass is 1570 g/mol. The predicted octanol–water partition coefficient (Wildman–Crippen LogP) is 17.9. The van der Waals surface area contributed by atoms with Crippen LogP contribution in [0.4, 0.5) is 36.3 Å². The Morgan fingerprint density at radius 3 is 1.05 bits per heavy atom. The fraction of sp³-hybridized carbons (Fsp3) is 0.512. The van der Waals surface area contributed by atoms with Gasteiger partial charge in [0, 0.05) is 138 Å². The summed E-state index contributed by atoms with van der Waals surface area (Å²) in [4.78, 5) is 24.4. The lowest BCUT2D eigenvalue weighted by atomic mass is 9.79. The van der Waals surface area contributed by atoms with Crippen LogP contribution >= 0.6 is 45.3 Å². The van der Waals surface area contributed by atoms with Gasteiger partial charge in [-0.3, -0.25) is 9.97 Å². The van der Waals surface area contributed by atoms with Crippen LogP contribution in [0.25, 0.3) is 73.8 Å². The van der Waals surface area contributed by atoms with Crippen molar-refractivity contribution in [2.24, 2.45) is 0 Å². The summed E-state index contributed by atoms with van der Waals surface area (Å²) in [5, 5.41) is 69.0. The van der Waals surface area contributed by atoms with Crippen LogP contribution in [0.2, 0.25) is 0 Å². The van der Waals surface area contributed by atoms with E-state index in [9.17, 15) is 9.50 Å². The average Bonchev–Trinajstić information content (AvgIpc) is 1.27.